The third kappa shape index (κ3) is 3.37. The van der Waals surface area contributed by atoms with Gasteiger partial charge in [-0.2, -0.15) is 0 Å². The molecule has 0 radical (unpaired) electrons. The van der Waals surface area contributed by atoms with Gasteiger partial charge in [-0.25, -0.2) is 0 Å². The van der Waals surface area contributed by atoms with E-state index < -0.39 is 11.6 Å². The van der Waals surface area contributed by atoms with Gasteiger partial charge in [0.25, 0.3) is 0 Å². The van der Waals surface area contributed by atoms with E-state index in [0.717, 1.165) is 56.7 Å². The van der Waals surface area contributed by atoms with Crippen molar-refractivity contribution in [2.24, 2.45) is 46.3 Å². The molecule has 192 valence electrons. The van der Waals surface area contributed by atoms with Crippen LogP contribution >= 0.6 is 0 Å². The van der Waals surface area contributed by atoms with Gasteiger partial charge in [0.2, 0.25) is 0 Å². The number of ether oxygens (including phenoxy) is 4. The normalized spacial score (nSPS) is 51.8. The fraction of sp³-hybridized carbons (Fsp3) is 0.933. The van der Waals surface area contributed by atoms with Gasteiger partial charge in [-0.3, -0.25) is 0 Å². The second-order valence-corrected chi connectivity index (χ2v) is 13.7. The molecule has 2 saturated heterocycles. The lowest BCUT2D eigenvalue weighted by Gasteiger charge is -2.65. The molecule has 4 aliphatic carbocycles. The molecule has 6 rings (SSSR count). The number of hydrogen-bond acceptors (Lipinski definition) is 4. The van der Waals surface area contributed by atoms with Crippen molar-refractivity contribution in [2.45, 2.75) is 117 Å². The van der Waals surface area contributed by atoms with Crippen molar-refractivity contribution in [1.29, 1.82) is 0 Å². The maximum absolute atomic E-state index is 6.64. The van der Waals surface area contributed by atoms with E-state index in [4.69, 9.17) is 18.9 Å². The molecule has 2 aliphatic heterocycles. The molecule has 34 heavy (non-hydrogen) atoms. The molecule has 0 aromatic heterocycles. The summed E-state index contributed by atoms with van der Waals surface area (Å²) in [7, 11) is 0. The molecule has 10 atom stereocenters. The lowest BCUT2D eigenvalue weighted by atomic mass is 9.42. The van der Waals surface area contributed by atoms with Gasteiger partial charge in [0, 0.05) is 12.3 Å². The van der Waals surface area contributed by atoms with Crippen LogP contribution in [0.15, 0.2) is 12.2 Å². The van der Waals surface area contributed by atoms with Crippen molar-refractivity contribution in [3.05, 3.63) is 12.2 Å². The zero-order valence-electron chi connectivity index (χ0n) is 22.5. The molecule has 4 heteroatoms. The van der Waals surface area contributed by atoms with Crippen LogP contribution < -0.4 is 0 Å². The highest BCUT2D eigenvalue weighted by molar-refractivity contribution is 5.16. The van der Waals surface area contributed by atoms with Gasteiger partial charge in [-0.1, -0.05) is 39.8 Å². The van der Waals surface area contributed by atoms with Crippen molar-refractivity contribution in [2.75, 3.05) is 13.2 Å². The largest absolute Gasteiger partial charge is 0.347 e. The Kier molecular flexibility index (Phi) is 5.66. The SMILES string of the molecule is CC/C=C\[C@@H](C)[C@H]1CCC2C3CC4(OCCO4)C4C[C@@H]5OC(C)(C)O[C@@H]5C[C@]4(C)C3CC[C@@]21C. The lowest BCUT2D eigenvalue weighted by molar-refractivity contribution is -0.300. The van der Waals surface area contributed by atoms with Gasteiger partial charge in [0.15, 0.2) is 11.6 Å². The third-order valence-corrected chi connectivity index (χ3v) is 11.7. The molecule has 4 nitrogen and oxygen atoms in total. The Balaban J connectivity index is 1.34. The van der Waals surface area contributed by atoms with E-state index in [1.807, 2.05) is 0 Å². The summed E-state index contributed by atoms with van der Waals surface area (Å²) in [6.07, 6.45) is 15.1. The molecule has 0 aromatic rings. The Morgan fingerprint density at radius 2 is 1.59 bits per heavy atom. The van der Waals surface area contributed by atoms with E-state index in [1.165, 1.54) is 25.7 Å². The smallest absolute Gasteiger partial charge is 0.172 e. The van der Waals surface area contributed by atoms with Crippen molar-refractivity contribution < 1.29 is 18.9 Å². The first-order chi connectivity index (χ1) is 16.1. The summed E-state index contributed by atoms with van der Waals surface area (Å²) in [4.78, 5) is 0. The average molecular weight is 473 g/mol. The number of fused-ring (bicyclic) bond motifs is 7. The van der Waals surface area contributed by atoms with Crippen LogP contribution in [-0.2, 0) is 18.9 Å². The van der Waals surface area contributed by atoms with E-state index in [2.05, 4.69) is 53.7 Å². The molecule has 6 fully saturated rings. The van der Waals surface area contributed by atoms with Crippen molar-refractivity contribution in [3.63, 3.8) is 0 Å². The average Bonchev–Trinajstić information content (AvgIpc) is 3.45. The summed E-state index contributed by atoms with van der Waals surface area (Å²) in [5, 5.41) is 0. The van der Waals surface area contributed by atoms with Crippen LogP contribution in [0.1, 0.15) is 92.9 Å². The second kappa shape index (κ2) is 8.04. The molecule has 6 aliphatic rings. The van der Waals surface area contributed by atoms with Crippen LogP contribution in [-0.4, -0.2) is 37.0 Å². The van der Waals surface area contributed by atoms with E-state index >= 15 is 0 Å². The molecule has 0 N–H and O–H groups in total. The van der Waals surface area contributed by atoms with E-state index in [-0.39, 0.29) is 17.6 Å². The van der Waals surface area contributed by atoms with Crippen LogP contribution in [0.3, 0.4) is 0 Å². The topological polar surface area (TPSA) is 36.9 Å². The summed E-state index contributed by atoms with van der Waals surface area (Å²) in [5.41, 5.74) is 0.624. The quantitative estimate of drug-likeness (QED) is 0.427. The van der Waals surface area contributed by atoms with Crippen molar-refractivity contribution in [3.8, 4) is 0 Å². The molecule has 0 amide bonds. The van der Waals surface area contributed by atoms with Gasteiger partial charge in [-0.15, -0.1) is 0 Å². The molecule has 2 heterocycles. The summed E-state index contributed by atoms with van der Waals surface area (Å²) >= 11 is 0. The highest BCUT2D eigenvalue weighted by Gasteiger charge is 2.69. The minimum absolute atomic E-state index is 0.171. The molecular formula is C30H48O4. The van der Waals surface area contributed by atoms with Gasteiger partial charge < -0.3 is 18.9 Å². The molecule has 1 spiro atoms. The molecule has 4 unspecified atom stereocenters. The van der Waals surface area contributed by atoms with Crippen LogP contribution in [0.5, 0.6) is 0 Å². The fourth-order valence-electron chi connectivity index (χ4n) is 10.5. The fourth-order valence-corrected chi connectivity index (χ4v) is 10.5. The highest BCUT2D eigenvalue weighted by Crippen LogP contribution is 2.71. The summed E-state index contributed by atoms with van der Waals surface area (Å²) in [5.74, 6) is 3.20. The van der Waals surface area contributed by atoms with Crippen LogP contribution in [0.4, 0.5) is 0 Å². The zero-order chi connectivity index (χ0) is 23.9. The maximum atomic E-state index is 6.64. The first-order valence-corrected chi connectivity index (χ1v) is 14.4. The van der Waals surface area contributed by atoms with E-state index in [1.54, 1.807) is 0 Å². The van der Waals surface area contributed by atoms with Crippen LogP contribution in [0.25, 0.3) is 0 Å². The Hall–Kier alpha value is -0.420. The predicted octanol–water partition coefficient (Wildman–Crippen LogP) is 6.73. The first-order valence-electron chi connectivity index (χ1n) is 14.4. The number of allylic oxidation sites excluding steroid dienone is 2. The predicted molar refractivity (Wildman–Crippen MR) is 133 cm³/mol. The Bertz CT molecular complexity index is 815. The van der Waals surface area contributed by atoms with Crippen molar-refractivity contribution in [1.82, 2.24) is 0 Å². The summed E-state index contributed by atoms with van der Waals surface area (Å²) < 4.78 is 26.2. The maximum Gasteiger partial charge on any atom is 0.172 e. The van der Waals surface area contributed by atoms with E-state index in [9.17, 15) is 0 Å². The van der Waals surface area contributed by atoms with Gasteiger partial charge in [-0.05, 0) is 99.2 Å². The van der Waals surface area contributed by atoms with E-state index in [0.29, 0.717) is 23.2 Å². The van der Waals surface area contributed by atoms with Crippen LogP contribution in [0.2, 0.25) is 0 Å². The van der Waals surface area contributed by atoms with Gasteiger partial charge in [0.05, 0.1) is 25.4 Å². The summed E-state index contributed by atoms with van der Waals surface area (Å²) in [6, 6.07) is 0. The minimum atomic E-state index is -0.477. The standard InChI is InChI=1S/C30H48O4/c1-7-8-9-19(2)21-10-11-22-20-17-30(31-14-15-32-30)26-16-24-25(34-27(3,4)33-24)18-29(26,6)23(20)12-13-28(21,22)5/h8-9,19-26H,7,10-18H2,1-6H3/b9-8-/t19-,20?,21-,22?,23?,24+,25-,26?,28-,29-/m1/s1. The van der Waals surface area contributed by atoms with Crippen LogP contribution in [0, 0.1) is 46.3 Å². The second-order valence-electron chi connectivity index (χ2n) is 13.7. The molecule has 4 saturated carbocycles. The minimum Gasteiger partial charge on any atom is -0.347 e. The number of rotatable bonds is 3. The Morgan fingerprint density at radius 1 is 0.882 bits per heavy atom. The third-order valence-electron chi connectivity index (χ3n) is 11.7. The monoisotopic (exact) mass is 472 g/mol. The summed E-state index contributed by atoms with van der Waals surface area (Å²) in [6.45, 7) is 15.6. The number of hydrogen-bond donors (Lipinski definition) is 0. The zero-order valence-corrected chi connectivity index (χ0v) is 22.5. The molecule has 0 aromatic carbocycles. The highest BCUT2D eigenvalue weighted by atomic mass is 16.8. The Labute approximate surface area is 207 Å². The first kappa shape index (κ1) is 23.9. The van der Waals surface area contributed by atoms with Crippen molar-refractivity contribution >= 4 is 0 Å². The van der Waals surface area contributed by atoms with Gasteiger partial charge >= 0.3 is 0 Å². The molecule has 0 bridgehead atoms. The van der Waals surface area contributed by atoms with Gasteiger partial charge in [0.1, 0.15) is 0 Å². The lowest BCUT2D eigenvalue weighted by Crippen LogP contribution is -2.65. The molecular weight excluding hydrogens is 424 g/mol. The Morgan fingerprint density at radius 3 is 2.32 bits per heavy atom.